The lowest BCUT2D eigenvalue weighted by atomic mass is 9.63. The number of aliphatic hydroxyl groups is 1. The van der Waals surface area contributed by atoms with Crippen molar-refractivity contribution in [3.05, 3.63) is 24.3 Å². The van der Waals surface area contributed by atoms with Crippen LogP contribution in [0.25, 0.3) is 0 Å². The third kappa shape index (κ3) is 3.44. The summed E-state index contributed by atoms with van der Waals surface area (Å²) in [6.45, 7) is 5.78. The topological polar surface area (TPSA) is 37.3 Å². The molecule has 0 radical (unpaired) electrons. The van der Waals surface area contributed by atoms with E-state index in [9.17, 15) is 31.1 Å². The molecule has 0 aromatic rings. The maximum Gasteiger partial charge on any atom is 0.429 e. The van der Waals surface area contributed by atoms with Crippen LogP contribution in [0.4, 0.5) is 26.3 Å². The minimum atomic E-state index is -5.87. The molecule has 26 heavy (non-hydrogen) atoms. The fourth-order valence-electron chi connectivity index (χ4n) is 4.47. The Balaban J connectivity index is 2.13. The van der Waals surface area contributed by atoms with E-state index in [4.69, 9.17) is 5.11 Å². The van der Waals surface area contributed by atoms with E-state index in [2.05, 4.69) is 6.58 Å². The number of halogens is 6. The van der Waals surface area contributed by atoms with Gasteiger partial charge in [-0.2, -0.15) is 26.3 Å². The van der Waals surface area contributed by atoms with Gasteiger partial charge >= 0.3 is 12.4 Å². The molecule has 0 spiro atoms. The Morgan fingerprint density at radius 3 is 2.35 bits per heavy atom. The molecule has 1 unspecified atom stereocenters. The van der Waals surface area contributed by atoms with E-state index in [0.29, 0.717) is 30.9 Å². The zero-order valence-electron chi connectivity index (χ0n) is 14.4. The summed E-state index contributed by atoms with van der Waals surface area (Å²) in [5.74, 6) is -0.0800. The summed E-state index contributed by atoms with van der Waals surface area (Å²) >= 11 is 0. The van der Waals surface area contributed by atoms with Gasteiger partial charge in [-0.1, -0.05) is 25.2 Å². The molecule has 2 rings (SSSR count). The van der Waals surface area contributed by atoms with Crippen molar-refractivity contribution in [1.82, 2.24) is 0 Å². The molecular weight excluding hydrogens is 362 g/mol. The minimum absolute atomic E-state index is 0.121. The number of hydrogen-bond acceptors (Lipinski definition) is 2. The predicted molar refractivity (Wildman–Crippen MR) is 83.1 cm³/mol. The quantitative estimate of drug-likeness (QED) is 0.539. The number of rotatable bonds is 4. The summed E-state index contributed by atoms with van der Waals surface area (Å²) in [5, 5.41) is 9.12. The third-order valence-electron chi connectivity index (χ3n) is 5.96. The van der Waals surface area contributed by atoms with E-state index in [1.807, 2.05) is 6.92 Å². The van der Waals surface area contributed by atoms with Gasteiger partial charge in [-0.3, -0.25) is 4.79 Å². The zero-order chi connectivity index (χ0) is 20.0. The molecule has 0 aliphatic heterocycles. The molecule has 8 heteroatoms. The molecule has 148 valence electrons. The van der Waals surface area contributed by atoms with E-state index in [1.165, 1.54) is 0 Å². The SMILES string of the molecule is C=C(C/C=C\C(O)(C(F)(F)F)C(F)(F)F)C1CC[C@H]2C(=O)CCC[C@]12C. The van der Waals surface area contributed by atoms with Gasteiger partial charge in [-0.15, -0.1) is 0 Å². The van der Waals surface area contributed by atoms with E-state index >= 15 is 0 Å². The Hall–Kier alpha value is -1.31. The normalized spacial score (nSPS) is 30.7. The number of fused-ring (bicyclic) bond motifs is 1. The van der Waals surface area contributed by atoms with Crippen molar-refractivity contribution in [2.75, 3.05) is 0 Å². The second kappa shape index (κ2) is 6.69. The van der Waals surface area contributed by atoms with Crippen molar-refractivity contribution < 1.29 is 36.2 Å². The van der Waals surface area contributed by atoms with Crippen LogP contribution in [0, 0.1) is 17.3 Å². The molecule has 1 N–H and O–H groups in total. The maximum absolute atomic E-state index is 12.7. The van der Waals surface area contributed by atoms with Gasteiger partial charge in [-0.05, 0) is 49.5 Å². The van der Waals surface area contributed by atoms with Crippen LogP contribution in [0.5, 0.6) is 0 Å². The average Bonchev–Trinajstić information content (AvgIpc) is 2.83. The van der Waals surface area contributed by atoms with Crippen molar-refractivity contribution >= 4 is 5.78 Å². The Morgan fingerprint density at radius 1 is 1.23 bits per heavy atom. The highest BCUT2D eigenvalue weighted by Gasteiger charge is 2.68. The Kier molecular flexibility index (Phi) is 5.40. The first-order valence-electron chi connectivity index (χ1n) is 8.48. The molecular formula is C18H22F6O2. The highest BCUT2D eigenvalue weighted by atomic mass is 19.4. The molecule has 2 nitrogen and oxygen atoms in total. The molecule has 2 aliphatic carbocycles. The van der Waals surface area contributed by atoms with Crippen LogP contribution in [0.1, 0.15) is 45.4 Å². The van der Waals surface area contributed by atoms with Crippen LogP contribution >= 0.6 is 0 Å². The molecule has 2 saturated carbocycles. The van der Waals surface area contributed by atoms with Gasteiger partial charge in [0, 0.05) is 12.3 Å². The molecule has 0 amide bonds. The molecule has 2 aliphatic rings. The van der Waals surface area contributed by atoms with Gasteiger partial charge in [-0.25, -0.2) is 0 Å². The third-order valence-corrected chi connectivity index (χ3v) is 5.96. The van der Waals surface area contributed by atoms with Crippen LogP contribution in [0.2, 0.25) is 0 Å². The second-order valence-corrected chi connectivity index (χ2v) is 7.53. The van der Waals surface area contributed by atoms with Gasteiger partial charge in [0.25, 0.3) is 5.60 Å². The standard InChI is InChI=1S/C18H22F6O2/c1-11(5-3-10-16(26,17(19,20)21)18(22,23)24)12-7-8-13-14(25)6-4-9-15(12,13)2/h3,10,12-13,26H,1,4-9H2,2H3/b10-3-/t12?,13-,15+/m0/s1. The van der Waals surface area contributed by atoms with Crippen molar-refractivity contribution in [3.63, 3.8) is 0 Å². The van der Waals surface area contributed by atoms with Crippen molar-refractivity contribution in [2.24, 2.45) is 17.3 Å². The van der Waals surface area contributed by atoms with E-state index in [-0.39, 0.29) is 35.5 Å². The molecule has 3 atom stereocenters. The summed E-state index contributed by atoms with van der Waals surface area (Å²) in [6, 6.07) is 0. The first kappa shape index (κ1) is 21.0. The maximum atomic E-state index is 12.7. The summed E-state index contributed by atoms with van der Waals surface area (Å²) in [4.78, 5) is 12.1. The fourth-order valence-corrected chi connectivity index (χ4v) is 4.47. The van der Waals surface area contributed by atoms with Crippen LogP contribution < -0.4 is 0 Å². The first-order chi connectivity index (χ1) is 11.7. The van der Waals surface area contributed by atoms with E-state index in [0.717, 1.165) is 12.8 Å². The highest BCUT2D eigenvalue weighted by molar-refractivity contribution is 5.83. The fraction of sp³-hybridized carbons (Fsp3) is 0.722. The van der Waals surface area contributed by atoms with Gasteiger partial charge in [0.1, 0.15) is 5.78 Å². The van der Waals surface area contributed by atoms with Gasteiger partial charge < -0.3 is 5.11 Å². The minimum Gasteiger partial charge on any atom is -0.370 e. The number of carbonyl (C=O) groups excluding carboxylic acids is 1. The van der Waals surface area contributed by atoms with Crippen LogP contribution in [0.3, 0.4) is 0 Å². The summed E-state index contributed by atoms with van der Waals surface area (Å²) in [5.41, 5.74) is -4.74. The monoisotopic (exact) mass is 384 g/mol. The number of allylic oxidation sites excluding steroid dienone is 2. The zero-order valence-corrected chi connectivity index (χ0v) is 14.4. The molecule has 0 aromatic carbocycles. The molecule has 0 aromatic heterocycles. The molecule has 0 bridgehead atoms. The summed E-state index contributed by atoms with van der Waals surface area (Å²) in [7, 11) is 0. The van der Waals surface area contributed by atoms with Gasteiger partial charge in [0.15, 0.2) is 0 Å². The number of alkyl halides is 6. The Morgan fingerprint density at radius 2 is 1.81 bits per heavy atom. The smallest absolute Gasteiger partial charge is 0.370 e. The summed E-state index contributed by atoms with van der Waals surface area (Å²) < 4.78 is 76.0. The number of ketones is 1. The number of Topliss-reactive ketones (excluding diaryl/α,β-unsaturated/α-hetero) is 1. The average molecular weight is 384 g/mol. The van der Waals surface area contributed by atoms with Crippen molar-refractivity contribution in [2.45, 2.75) is 63.4 Å². The lowest BCUT2D eigenvalue weighted by molar-refractivity contribution is -0.347. The predicted octanol–water partition coefficient (Wildman–Crippen LogP) is 5.13. The van der Waals surface area contributed by atoms with Gasteiger partial charge in [0.05, 0.1) is 0 Å². The van der Waals surface area contributed by atoms with Crippen LogP contribution in [0.15, 0.2) is 24.3 Å². The van der Waals surface area contributed by atoms with Gasteiger partial charge in [0.2, 0.25) is 0 Å². The second-order valence-electron chi connectivity index (χ2n) is 7.53. The van der Waals surface area contributed by atoms with Crippen molar-refractivity contribution in [1.29, 1.82) is 0 Å². The largest absolute Gasteiger partial charge is 0.429 e. The summed E-state index contributed by atoms with van der Waals surface area (Å²) in [6.07, 6.45) is -8.20. The number of hydrogen-bond donors (Lipinski definition) is 1. The Bertz CT molecular complexity index is 590. The van der Waals surface area contributed by atoms with E-state index in [1.54, 1.807) is 0 Å². The van der Waals surface area contributed by atoms with Crippen LogP contribution in [-0.4, -0.2) is 28.8 Å². The highest BCUT2D eigenvalue weighted by Crippen LogP contribution is 2.56. The molecule has 0 saturated heterocycles. The molecule has 2 fully saturated rings. The lowest BCUT2D eigenvalue weighted by Gasteiger charge is -2.40. The number of carbonyl (C=O) groups is 1. The van der Waals surface area contributed by atoms with E-state index < -0.39 is 18.0 Å². The lowest BCUT2D eigenvalue weighted by Crippen LogP contribution is -2.55. The molecule has 0 heterocycles. The van der Waals surface area contributed by atoms with Crippen molar-refractivity contribution in [3.8, 4) is 0 Å². The van der Waals surface area contributed by atoms with Crippen LogP contribution in [-0.2, 0) is 4.79 Å². The first-order valence-corrected chi connectivity index (χ1v) is 8.48. The Labute approximate surface area is 148 Å².